The molecule has 0 bridgehead atoms. The summed E-state index contributed by atoms with van der Waals surface area (Å²) in [4.78, 5) is 2.34. The van der Waals surface area contributed by atoms with E-state index >= 15 is 0 Å². The Kier molecular flexibility index (Phi) is 8.03. The zero-order chi connectivity index (χ0) is 17.4. The molecule has 0 aliphatic carbocycles. The molecule has 0 aromatic heterocycles. The van der Waals surface area contributed by atoms with Crippen LogP contribution in [0, 0.1) is 5.92 Å². The lowest BCUT2D eigenvalue weighted by Gasteiger charge is -2.32. The Balaban J connectivity index is 1.55. The van der Waals surface area contributed by atoms with E-state index in [0.29, 0.717) is 32.3 Å². The summed E-state index contributed by atoms with van der Waals surface area (Å²) in [5.74, 6) is 2.14. The van der Waals surface area contributed by atoms with Crippen LogP contribution in [0.1, 0.15) is 45.1 Å². The van der Waals surface area contributed by atoms with Crippen LogP contribution in [0.15, 0.2) is 24.3 Å². The molecule has 0 radical (unpaired) electrons. The first-order valence-corrected chi connectivity index (χ1v) is 9.25. The molecular weight excluding hydrogens is 302 g/mol. The Morgan fingerprint density at radius 1 is 1.21 bits per heavy atom. The highest BCUT2D eigenvalue weighted by molar-refractivity contribution is 5.28. The molecule has 1 aliphatic rings. The lowest BCUT2D eigenvalue weighted by Crippen LogP contribution is -2.40. The summed E-state index contributed by atoms with van der Waals surface area (Å²) in [7, 11) is 0. The van der Waals surface area contributed by atoms with Gasteiger partial charge in [0.15, 0.2) is 0 Å². The van der Waals surface area contributed by atoms with E-state index in [4.69, 9.17) is 9.47 Å². The predicted molar refractivity (Wildman–Crippen MR) is 97.7 cm³/mol. The minimum atomic E-state index is -0.416. The highest BCUT2D eigenvalue weighted by Crippen LogP contribution is 2.18. The molecule has 1 N–H and O–H groups in total. The Morgan fingerprint density at radius 2 is 1.96 bits per heavy atom. The van der Waals surface area contributed by atoms with Crippen LogP contribution < -0.4 is 4.74 Å². The van der Waals surface area contributed by atoms with Crippen molar-refractivity contribution >= 4 is 0 Å². The van der Waals surface area contributed by atoms with Gasteiger partial charge in [-0.25, -0.2) is 0 Å². The second-order valence-corrected chi connectivity index (χ2v) is 7.31. The number of hydrogen-bond acceptors (Lipinski definition) is 4. The zero-order valence-electron chi connectivity index (χ0n) is 15.4. The van der Waals surface area contributed by atoms with Gasteiger partial charge in [-0.2, -0.15) is 0 Å². The summed E-state index contributed by atoms with van der Waals surface area (Å²) < 4.78 is 11.2. The van der Waals surface area contributed by atoms with Crippen LogP contribution in [0.2, 0.25) is 0 Å². The van der Waals surface area contributed by atoms with Crippen molar-refractivity contribution in [2.24, 2.45) is 5.92 Å². The third-order valence-electron chi connectivity index (χ3n) is 4.56. The van der Waals surface area contributed by atoms with Crippen LogP contribution in [0.25, 0.3) is 0 Å². The van der Waals surface area contributed by atoms with Crippen molar-refractivity contribution in [2.45, 2.75) is 45.6 Å². The summed E-state index contributed by atoms with van der Waals surface area (Å²) in [5, 5.41) is 10.1. The molecule has 1 aliphatic heterocycles. The van der Waals surface area contributed by atoms with E-state index in [1.165, 1.54) is 18.4 Å². The average Bonchev–Trinajstić information content (AvgIpc) is 2.55. The molecule has 2 rings (SSSR count). The molecule has 136 valence electrons. The van der Waals surface area contributed by atoms with Crippen molar-refractivity contribution in [3.8, 4) is 5.75 Å². The third kappa shape index (κ3) is 6.80. The largest absolute Gasteiger partial charge is 0.491 e. The molecule has 1 fully saturated rings. The molecule has 1 saturated heterocycles. The lowest BCUT2D eigenvalue weighted by atomic mass is 10.0. The number of β-amino-alcohol motifs (C(OH)–C–C–N with tert-alkyl or cyclic N) is 1. The average molecular weight is 335 g/mol. The smallest absolute Gasteiger partial charge is 0.119 e. The Bertz CT molecular complexity index is 460. The number of aliphatic hydroxyl groups excluding tert-OH is 1. The van der Waals surface area contributed by atoms with Gasteiger partial charge in [0.05, 0.1) is 19.3 Å². The maximum absolute atomic E-state index is 10.1. The van der Waals surface area contributed by atoms with Gasteiger partial charge >= 0.3 is 0 Å². The molecule has 4 nitrogen and oxygen atoms in total. The van der Waals surface area contributed by atoms with Gasteiger partial charge in [0.25, 0.3) is 0 Å². The molecule has 4 heteroatoms. The van der Waals surface area contributed by atoms with Gasteiger partial charge in [0, 0.05) is 13.1 Å². The van der Waals surface area contributed by atoms with E-state index in [-0.39, 0.29) is 0 Å². The number of benzene rings is 1. The van der Waals surface area contributed by atoms with Gasteiger partial charge in [-0.3, -0.25) is 0 Å². The predicted octanol–water partition coefficient (Wildman–Crippen LogP) is 3.30. The molecule has 24 heavy (non-hydrogen) atoms. The second kappa shape index (κ2) is 10.0. The van der Waals surface area contributed by atoms with Gasteiger partial charge in [0.1, 0.15) is 12.4 Å². The number of likely N-dealkylation sites (tertiary alicyclic amines) is 1. The molecule has 1 aromatic rings. The Hall–Kier alpha value is -1.10. The van der Waals surface area contributed by atoms with Gasteiger partial charge in [-0.05, 0) is 48.9 Å². The van der Waals surface area contributed by atoms with Crippen LogP contribution in [-0.4, -0.2) is 55.6 Å². The fourth-order valence-corrected chi connectivity index (χ4v) is 3.19. The summed E-state index contributed by atoms with van der Waals surface area (Å²) >= 11 is 0. The Morgan fingerprint density at radius 3 is 2.62 bits per heavy atom. The summed E-state index contributed by atoms with van der Waals surface area (Å²) in [6.07, 6.45) is 2.12. The second-order valence-electron chi connectivity index (χ2n) is 7.31. The SMILES string of the molecule is CC(C)c1ccc(OCCOC[C@H](O)CN2CCC[C@H](C)C2)cc1. The Labute approximate surface area is 146 Å². The number of aliphatic hydroxyl groups is 1. The number of piperidine rings is 1. The first-order chi connectivity index (χ1) is 11.5. The monoisotopic (exact) mass is 335 g/mol. The minimum absolute atomic E-state index is 0.376. The minimum Gasteiger partial charge on any atom is -0.491 e. The van der Waals surface area contributed by atoms with Crippen LogP contribution in [-0.2, 0) is 4.74 Å². The first kappa shape index (κ1) is 19.2. The summed E-state index contributed by atoms with van der Waals surface area (Å²) in [5.41, 5.74) is 1.31. The number of hydrogen-bond donors (Lipinski definition) is 1. The van der Waals surface area contributed by atoms with Gasteiger partial charge in [0.2, 0.25) is 0 Å². The van der Waals surface area contributed by atoms with E-state index in [1.54, 1.807) is 0 Å². The van der Waals surface area contributed by atoms with Gasteiger partial charge < -0.3 is 19.5 Å². The van der Waals surface area contributed by atoms with E-state index < -0.39 is 6.10 Å². The number of rotatable bonds is 9. The van der Waals surface area contributed by atoms with Crippen molar-refractivity contribution in [3.05, 3.63) is 29.8 Å². The molecule has 0 saturated carbocycles. The van der Waals surface area contributed by atoms with Crippen LogP contribution >= 0.6 is 0 Å². The lowest BCUT2D eigenvalue weighted by molar-refractivity contribution is 0.00223. The van der Waals surface area contributed by atoms with E-state index in [1.807, 2.05) is 12.1 Å². The van der Waals surface area contributed by atoms with Crippen LogP contribution in [0.4, 0.5) is 0 Å². The highest BCUT2D eigenvalue weighted by Gasteiger charge is 2.18. The molecular formula is C20H33NO3. The van der Waals surface area contributed by atoms with Crippen molar-refractivity contribution in [1.29, 1.82) is 0 Å². The molecule has 0 amide bonds. The van der Waals surface area contributed by atoms with E-state index in [2.05, 4.69) is 37.8 Å². The fourth-order valence-electron chi connectivity index (χ4n) is 3.19. The summed E-state index contributed by atoms with van der Waals surface area (Å²) in [6.45, 7) is 10.9. The third-order valence-corrected chi connectivity index (χ3v) is 4.56. The van der Waals surface area contributed by atoms with Gasteiger partial charge in [-0.1, -0.05) is 32.9 Å². The number of ether oxygens (including phenoxy) is 2. The normalized spacial score (nSPS) is 20.3. The molecule has 0 spiro atoms. The van der Waals surface area contributed by atoms with Crippen LogP contribution in [0.5, 0.6) is 5.75 Å². The highest BCUT2D eigenvalue weighted by atomic mass is 16.5. The molecule has 0 unspecified atom stereocenters. The van der Waals surface area contributed by atoms with Crippen molar-refractivity contribution in [2.75, 3.05) is 39.5 Å². The molecule has 1 heterocycles. The fraction of sp³-hybridized carbons (Fsp3) is 0.700. The van der Waals surface area contributed by atoms with Crippen LogP contribution in [0.3, 0.4) is 0 Å². The van der Waals surface area contributed by atoms with Gasteiger partial charge in [-0.15, -0.1) is 0 Å². The quantitative estimate of drug-likeness (QED) is 0.703. The molecule has 2 atom stereocenters. The maximum atomic E-state index is 10.1. The molecule has 1 aromatic carbocycles. The first-order valence-electron chi connectivity index (χ1n) is 9.25. The zero-order valence-corrected chi connectivity index (χ0v) is 15.4. The topological polar surface area (TPSA) is 41.9 Å². The summed E-state index contributed by atoms with van der Waals surface area (Å²) in [6, 6.07) is 8.21. The van der Waals surface area contributed by atoms with E-state index in [9.17, 15) is 5.11 Å². The maximum Gasteiger partial charge on any atom is 0.119 e. The number of nitrogens with zero attached hydrogens (tertiary/aromatic N) is 1. The van der Waals surface area contributed by atoms with Crippen molar-refractivity contribution in [3.63, 3.8) is 0 Å². The van der Waals surface area contributed by atoms with Crippen molar-refractivity contribution < 1.29 is 14.6 Å². The van der Waals surface area contributed by atoms with Crippen molar-refractivity contribution in [1.82, 2.24) is 4.90 Å². The standard InChI is InChI=1S/C20H33NO3/c1-16(2)18-6-8-20(9-7-18)24-12-11-23-15-19(22)14-21-10-4-5-17(3)13-21/h6-9,16-17,19,22H,4-5,10-15H2,1-3H3/t17-,19+/m0/s1. The van der Waals surface area contributed by atoms with E-state index in [0.717, 1.165) is 24.8 Å².